The molecule has 1 atom stereocenters. The van der Waals surface area contributed by atoms with Crippen LogP contribution in [0.15, 0.2) is 71.9 Å². The van der Waals surface area contributed by atoms with Gasteiger partial charge in [0.2, 0.25) is 0 Å². The molecule has 1 aromatic heterocycles. The van der Waals surface area contributed by atoms with Gasteiger partial charge in [0, 0.05) is 17.3 Å². The topological polar surface area (TPSA) is 97.9 Å². The summed E-state index contributed by atoms with van der Waals surface area (Å²) in [6.45, 7) is -0.0328. The number of anilines is 1. The van der Waals surface area contributed by atoms with E-state index in [4.69, 9.17) is 10.5 Å². The number of esters is 1. The van der Waals surface area contributed by atoms with Gasteiger partial charge in [-0.15, -0.1) is 0 Å². The molecule has 0 fully saturated rings. The molecule has 0 spiro atoms. The van der Waals surface area contributed by atoms with Gasteiger partial charge in [-0.1, -0.05) is 30.3 Å². The van der Waals surface area contributed by atoms with Crippen molar-refractivity contribution in [2.75, 3.05) is 12.0 Å². The van der Waals surface area contributed by atoms with Crippen LogP contribution in [-0.2, 0) is 16.1 Å². The van der Waals surface area contributed by atoms with Crippen molar-refractivity contribution in [2.24, 2.45) is 10.7 Å². The van der Waals surface area contributed by atoms with Crippen LogP contribution < -0.4 is 10.6 Å². The molecule has 4 rings (SSSR count). The fourth-order valence-electron chi connectivity index (χ4n) is 3.49. The highest BCUT2D eigenvalue weighted by Gasteiger charge is 2.31. The van der Waals surface area contributed by atoms with Gasteiger partial charge >= 0.3 is 5.97 Å². The maximum Gasteiger partial charge on any atom is 0.339 e. The maximum absolute atomic E-state index is 14.6. The van der Waals surface area contributed by atoms with Gasteiger partial charge in [0.15, 0.2) is 6.17 Å². The second-order valence-corrected chi connectivity index (χ2v) is 6.83. The summed E-state index contributed by atoms with van der Waals surface area (Å²) in [4.78, 5) is 35.4. The zero-order valence-electron chi connectivity index (χ0n) is 16.7. The van der Waals surface area contributed by atoms with Crippen LogP contribution in [0.5, 0.6) is 0 Å². The molecule has 0 unspecified atom stereocenters. The number of aromatic nitrogens is 1. The van der Waals surface area contributed by atoms with Gasteiger partial charge in [0.05, 0.1) is 36.3 Å². The van der Waals surface area contributed by atoms with E-state index in [0.717, 1.165) is 0 Å². The molecule has 1 amide bonds. The summed E-state index contributed by atoms with van der Waals surface area (Å²) < 4.78 is 19.4. The van der Waals surface area contributed by atoms with Crippen LogP contribution in [-0.4, -0.2) is 35.8 Å². The number of fused-ring (bicyclic) bond motifs is 1. The van der Waals surface area contributed by atoms with Crippen LogP contribution in [0.25, 0.3) is 0 Å². The lowest BCUT2D eigenvalue weighted by atomic mass is 9.99. The molecule has 2 heterocycles. The highest BCUT2D eigenvalue weighted by Crippen LogP contribution is 2.30. The second-order valence-electron chi connectivity index (χ2n) is 6.83. The Balaban J connectivity index is 1.84. The van der Waals surface area contributed by atoms with Crippen LogP contribution in [0.1, 0.15) is 27.2 Å². The van der Waals surface area contributed by atoms with E-state index in [1.165, 1.54) is 24.3 Å². The molecule has 0 saturated heterocycles. The Morgan fingerprint density at radius 2 is 1.81 bits per heavy atom. The Morgan fingerprint density at radius 1 is 1.10 bits per heavy atom. The lowest BCUT2D eigenvalue weighted by Gasteiger charge is -2.24. The van der Waals surface area contributed by atoms with Crippen molar-refractivity contribution >= 4 is 23.3 Å². The Hall–Kier alpha value is -3.91. The number of hydrogen-bond acceptors (Lipinski definition) is 6. The number of aliphatic imine (C=N–C) groups is 1. The largest absolute Gasteiger partial charge is 0.465 e. The number of ether oxygens (including phenoxy) is 1. The highest BCUT2D eigenvalue weighted by molar-refractivity contribution is 6.20. The number of para-hydroxylation sites is 1. The van der Waals surface area contributed by atoms with Crippen molar-refractivity contribution in [3.8, 4) is 0 Å². The summed E-state index contributed by atoms with van der Waals surface area (Å²) in [5, 5.41) is 0. The average Bonchev–Trinajstić information content (AvgIpc) is 2.90. The molecule has 0 aliphatic carbocycles. The lowest BCUT2D eigenvalue weighted by molar-refractivity contribution is -0.119. The van der Waals surface area contributed by atoms with Crippen molar-refractivity contribution < 1.29 is 18.7 Å². The number of nitrogens with two attached hydrogens (primary N) is 1. The molecule has 31 heavy (non-hydrogen) atoms. The third-order valence-corrected chi connectivity index (χ3v) is 4.97. The molecule has 2 aromatic carbocycles. The summed E-state index contributed by atoms with van der Waals surface area (Å²) in [6, 6.07) is 16.4. The van der Waals surface area contributed by atoms with Gasteiger partial charge in [0.25, 0.3) is 5.91 Å². The fourth-order valence-corrected chi connectivity index (χ4v) is 3.49. The van der Waals surface area contributed by atoms with Crippen LogP contribution in [0.2, 0.25) is 0 Å². The Kier molecular flexibility index (Phi) is 5.55. The normalized spacial score (nSPS) is 15.7. The number of benzodiazepines with no additional fused rings is 1. The van der Waals surface area contributed by atoms with Gasteiger partial charge < -0.3 is 15.4 Å². The zero-order chi connectivity index (χ0) is 22.0. The number of rotatable bonds is 4. The van der Waals surface area contributed by atoms with Crippen LogP contribution >= 0.6 is 0 Å². The SMILES string of the molecule is COC(=O)c1cccnc1CN1C(=O)[C@@H](N)N=C(c2ccccc2F)c2ccccc21. The second kappa shape index (κ2) is 8.45. The van der Waals surface area contributed by atoms with Gasteiger partial charge in [-0.2, -0.15) is 0 Å². The van der Waals surface area contributed by atoms with Crippen LogP contribution in [0, 0.1) is 5.82 Å². The fraction of sp³-hybridized carbons (Fsp3) is 0.130. The summed E-state index contributed by atoms with van der Waals surface area (Å²) in [5.41, 5.74) is 8.24. The number of nitrogens with zero attached hydrogens (tertiary/aromatic N) is 3. The first-order valence-electron chi connectivity index (χ1n) is 9.52. The molecule has 0 bridgehead atoms. The quantitative estimate of drug-likeness (QED) is 0.657. The number of benzene rings is 2. The number of pyridine rings is 1. The van der Waals surface area contributed by atoms with Crippen molar-refractivity contribution in [3.05, 3.63) is 95.1 Å². The maximum atomic E-state index is 14.6. The lowest BCUT2D eigenvalue weighted by Crippen LogP contribution is -2.42. The van der Waals surface area contributed by atoms with Crippen molar-refractivity contribution in [1.29, 1.82) is 0 Å². The van der Waals surface area contributed by atoms with E-state index in [0.29, 0.717) is 16.9 Å². The van der Waals surface area contributed by atoms with Crippen LogP contribution in [0.3, 0.4) is 0 Å². The molecule has 2 N–H and O–H groups in total. The van der Waals surface area contributed by atoms with E-state index in [9.17, 15) is 14.0 Å². The Bertz CT molecular complexity index is 1190. The van der Waals surface area contributed by atoms with E-state index < -0.39 is 23.9 Å². The van der Waals surface area contributed by atoms with Gasteiger partial charge in [-0.3, -0.25) is 14.8 Å². The molecule has 3 aromatic rings. The minimum absolute atomic E-state index is 0.0328. The molecule has 8 heteroatoms. The smallest absolute Gasteiger partial charge is 0.339 e. The molecule has 156 valence electrons. The first-order valence-corrected chi connectivity index (χ1v) is 9.52. The van der Waals surface area contributed by atoms with E-state index in [1.807, 2.05) is 0 Å². The Morgan fingerprint density at radius 3 is 2.55 bits per heavy atom. The predicted octanol–water partition coefficient (Wildman–Crippen LogP) is 2.68. The first-order chi connectivity index (χ1) is 15.0. The molecule has 1 aliphatic rings. The average molecular weight is 418 g/mol. The molecule has 7 nitrogen and oxygen atoms in total. The van der Waals surface area contributed by atoms with E-state index in [-0.39, 0.29) is 23.4 Å². The monoisotopic (exact) mass is 418 g/mol. The third-order valence-electron chi connectivity index (χ3n) is 4.97. The predicted molar refractivity (Wildman–Crippen MR) is 113 cm³/mol. The molecule has 0 radical (unpaired) electrons. The van der Waals surface area contributed by atoms with E-state index in [2.05, 4.69) is 9.98 Å². The molecule has 0 saturated carbocycles. The Labute approximate surface area is 178 Å². The summed E-state index contributed by atoms with van der Waals surface area (Å²) >= 11 is 0. The number of hydrogen-bond donors (Lipinski definition) is 1. The highest BCUT2D eigenvalue weighted by atomic mass is 19.1. The van der Waals surface area contributed by atoms with E-state index >= 15 is 0 Å². The van der Waals surface area contributed by atoms with Gasteiger partial charge in [0.1, 0.15) is 5.82 Å². The standard InChI is InChI=1S/C23H19FN4O3/c1-31-23(30)15-9-6-12-26-18(15)13-28-19-11-5-3-8-16(19)20(27-21(25)22(28)29)14-7-2-4-10-17(14)24/h2-12,21H,13,25H2,1H3/t21-/m0/s1. The van der Waals surface area contributed by atoms with Crippen molar-refractivity contribution in [3.63, 3.8) is 0 Å². The van der Waals surface area contributed by atoms with E-state index in [1.54, 1.807) is 54.6 Å². The summed E-state index contributed by atoms with van der Waals surface area (Å²) in [5.74, 6) is -1.53. The molecular weight excluding hydrogens is 399 g/mol. The van der Waals surface area contributed by atoms with Crippen molar-refractivity contribution in [2.45, 2.75) is 12.7 Å². The third kappa shape index (κ3) is 3.80. The number of amides is 1. The minimum Gasteiger partial charge on any atom is -0.465 e. The number of carbonyl (C=O) groups excluding carboxylic acids is 2. The first kappa shape index (κ1) is 20.4. The van der Waals surface area contributed by atoms with Crippen molar-refractivity contribution in [1.82, 2.24) is 4.98 Å². The molecule has 1 aliphatic heterocycles. The zero-order valence-corrected chi connectivity index (χ0v) is 16.7. The number of methoxy groups -OCH3 is 1. The van der Waals surface area contributed by atoms with Crippen LogP contribution in [0.4, 0.5) is 10.1 Å². The van der Waals surface area contributed by atoms with Gasteiger partial charge in [-0.25, -0.2) is 9.18 Å². The number of halogens is 1. The minimum atomic E-state index is -1.26. The summed E-state index contributed by atoms with van der Waals surface area (Å²) in [7, 11) is 1.27. The number of carbonyl (C=O) groups is 2. The molecular formula is C23H19FN4O3. The summed E-state index contributed by atoms with van der Waals surface area (Å²) in [6.07, 6.45) is 0.268. The van der Waals surface area contributed by atoms with Gasteiger partial charge in [-0.05, 0) is 30.3 Å².